The third kappa shape index (κ3) is 4.79. The fourth-order valence-corrected chi connectivity index (χ4v) is 4.68. The number of imidazole rings is 1. The number of pyridine rings is 1. The zero-order valence-corrected chi connectivity index (χ0v) is 18.4. The van der Waals surface area contributed by atoms with Crippen LogP contribution in [0.5, 0.6) is 0 Å². The van der Waals surface area contributed by atoms with Crippen molar-refractivity contribution in [3.05, 3.63) is 63.4 Å². The topological polar surface area (TPSA) is 114 Å². The van der Waals surface area contributed by atoms with Gasteiger partial charge in [-0.3, -0.25) is 4.79 Å². The molecule has 33 heavy (non-hydrogen) atoms. The van der Waals surface area contributed by atoms with Gasteiger partial charge in [-0.2, -0.15) is 18.4 Å². The maximum atomic E-state index is 13.7. The molecule has 1 atom stereocenters. The lowest BCUT2D eigenvalue weighted by atomic mass is 10.1. The molecule has 1 aromatic carbocycles. The maximum absolute atomic E-state index is 13.7. The lowest BCUT2D eigenvalue weighted by Gasteiger charge is -2.16. The Morgan fingerprint density at radius 3 is 2.67 bits per heavy atom. The van der Waals surface area contributed by atoms with Crippen LogP contribution in [0.3, 0.4) is 0 Å². The zero-order chi connectivity index (χ0) is 23.8. The van der Waals surface area contributed by atoms with Crippen LogP contribution >= 0.6 is 23.1 Å². The molecule has 0 spiro atoms. The van der Waals surface area contributed by atoms with E-state index in [2.05, 4.69) is 20.3 Å². The average molecular weight is 490 g/mol. The molecule has 0 bridgehead atoms. The van der Waals surface area contributed by atoms with Crippen LogP contribution in [-0.4, -0.2) is 26.1 Å². The molecule has 4 rings (SSSR count). The lowest BCUT2D eigenvalue weighted by molar-refractivity contribution is -0.138. The number of nitrogens with one attached hydrogen (secondary N) is 3. The van der Waals surface area contributed by atoms with E-state index < -0.39 is 34.2 Å². The first-order valence-electron chi connectivity index (χ1n) is 9.41. The molecular formula is C21H14F3N5O2S2. The highest BCUT2D eigenvalue weighted by molar-refractivity contribution is 8.00. The minimum atomic E-state index is -4.76. The molecule has 4 aromatic rings. The van der Waals surface area contributed by atoms with Crippen LogP contribution in [-0.2, 0) is 11.0 Å². The summed E-state index contributed by atoms with van der Waals surface area (Å²) in [6.07, 6.45) is -4.76. The van der Waals surface area contributed by atoms with Gasteiger partial charge in [-0.15, -0.1) is 11.3 Å². The van der Waals surface area contributed by atoms with E-state index in [1.54, 1.807) is 41.8 Å². The summed E-state index contributed by atoms with van der Waals surface area (Å²) >= 11 is 1.98. The smallest absolute Gasteiger partial charge is 0.325 e. The molecule has 3 heterocycles. The minimum Gasteiger partial charge on any atom is -0.325 e. The number of hydrogen-bond acceptors (Lipinski definition) is 6. The van der Waals surface area contributed by atoms with Crippen LogP contribution in [0.4, 0.5) is 18.9 Å². The second kappa shape index (κ2) is 8.76. The molecule has 1 amide bonds. The first-order chi connectivity index (χ1) is 15.7. The summed E-state index contributed by atoms with van der Waals surface area (Å²) in [7, 11) is 0. The summed E-state index contributed by atoms with van der Waals surface area (Å²) in [6, 6.07) is 10.5. The molecule has 3 aromatic heterocycles. The highest BCUT2D eigenvalue weighted by Crippen LogP contribution is 2.39. The molecule has 0 aliphatic heterocycles. The second-order valence-electron chi connectivity index (χ2n) is 6.91. The summed E-state index contributed by atoms with van der Waals surface area (Å²) in [5.41, 5.74) is -0.587. The van der Waals surface area contributed by atoms with Crippen molar-refractivity contribution in [2.24, 2.45) is 0 Å². The Morgan fingerprint density at radius 1 is 1.24 bits per heavy atom. The number of benzene rings is 1. The summed E-state index contributed by atoms with van der Waals surface area (Å²) in [6.45, 7) is 1.50. The Kier molecular flexibility index (Phi) is 6.01. The number of carbonyl (C=O) groups excluding carboxylic acids is 1. The monoisotopic (exact) mass is 489 g/mol. The van der Waals surface area contributed by atoms with E-state index in [1.165, 1.54) is 18.3 Å². The number of fused-ring (bicyclic) bond motifs is 1. The van der Waals surface area contributed by atoms with Gasteiger partial charge in [0.1, 0.15) is 11.1 Å². The van der Waals surface area contributed by atoms with Crippen molar-refractivity contribution >= 4 is 45.7 Å². The number of nitriles is 1. The Hall–Kier alpha value is -3.56. The predicted molar refractivity (Wildman–Crippen MR) is 120 cm³/mol. The standard InChI is InChI=1S/C21H14F3N5O2S2/c1-10(18(30)26-11-4-5-14-15(7-11)29-20(31)28-14)33-19-12(9-25)13(21(22,23)24)8-16(27-19)17-3-2-6-32-17/h2-8,10H,1H3,(H,26,30)(H2,28,29,31)/t10-/m1/s1. The first kappa shape index (κ1) is 22.6. The van der Waals surface area contributed by atoms with Crippen molar-refractivity contribution in [3.8, 4) is 16.6 Å². The van der Waals surface area contributed by atoms with E-state index in [1.807, 2.05) is 0 Å². The van der Waals surface area contributed by atoms with Gasteiger partial charge in [0.15, 0.2) is 0 Å². The van der Waals surface area contributed by atoms with Gasteiger partial charge >= 0.3 is 11.9 Å². The number of alkyl halides is 3. The molecule has 0 unspecified atom stereocenters. The summed E-state index contributed by atoms with van der Waals surface area (Å²) in [5, 5.41) is 12.8. The molecule has 0 fully saturated rings. The van der Waals surface area contributed by atoms with E-state index in [4.69, 9.17) is 0 Å². The Morgan fingerprint density at radius 2 is 2.00 bits per heavy atom. The first-order valence-corrected chi connectivity index (χ1v) is 11.2. The van der Waals surface area contributed by atoms with Gasteiger partial charge in [0.05, 0.1) is 38.0 Å². The summed E-state index contributed by atoms with van der Waals surface area (Å²) in [4.78, 5) is 34.0. The van der Waals surface area contributed by atoms with Crippen LogP contribution in [0, 0.1) is 11.3 Å². The fourth-order valence-electron chi connectivity index (χ4n) is 3.06. The predicted octanol–water partition coefficient (Wildman–Crippen LogP) is 4.99. The maximum Gasteiger partial charge on any atom is 0.417 e. The highest BCUT2D eigenvalue weighted by atomic mass is 32.2. The Bertz CT molecular complexity index is 1440. The van der Waals surface area contributed by atoms with Gasteiger partial charge in [0.2, 0.25) is 5.91 Å². The van der Waals surface area contributed by atoms with Crippen LogP contribution in [0.15, 0.2) is 51.6 Å². The van der Waals surface area contributed by atoms with Crippen LogP contribution in [0.25, 0.3) is 21.6 Å². The van der Waals surface area contributed by atoms with E-state index in [9.17, 15) is 28.0 Å². The van der Waals surface area contributed by atoms with Crippen LogP contribution in [0.2, 0.25) is 0 Å². The van der Waals surface area contributed by atoms with E-state index >= 15 is 0 Å². The second-order valence-corrected chi connectivity index (χ2v) is 9.19. The van der Waals surface area contributed by atoms with Crippen molar-refractivity contribution in [2.45, 2.75) is 23.4 Å². The van der Waals surface area contributed by atoms with Gasteiger partial charge in [-0.05, 0) is 42.6 Å². The number of H-pyrrole nitrogens is 2. The van der Waals surface area contributed by atoms with Crippen molar-refractivity contribution < 1.29 is 18.0 Å². The Labute approximate surface area is 192 Å². The SMILES string of the molecule is C[C@@H](Sc1nc(-c2cccs2)cc(C(F)(F)F)c1C#N)C(=O)Nc1ccc2[nH]c(=O)[nH]c2c1. The Balaban J connectivity index is 1.63. The quantitative estimate of drug-likeness (QED) is 0.342. The number of aromatic amines is 2. The molecular weight excluding hydrogens is 475 g/mol. The van der Waals surface area contributed by atoms with Crippen LogP contribution in [0.1, 0.15) is 18.1 Å². The minimum absolute atomic E-state index is 0.0771. The molecule has 0 saturated carbocycles. The van der Waals surface area contributed by atoms with E-state index in [0.717, 1.165) is 17.8 Å². The third-order valence-electron chi connectivity index (χ3n) is 4.62. The summed E-state index contributed by atoms with van der Waals surface area (Å²) in [5.74, 6) is -0.502. The molecule has 168 valence electrons. The van der Waals surface area contributed by atoms with Gasteiger partial charge < -0.3 is 15.3 Å². The van der Waals surface area contributed by atoms with E-state index in [0.29, 0.717) is 21.6 Å². The van der Waals surface area contributed by atoms with Crippen molar-refractivity contribution in [3.63, 3.8) is 0 Å². The number of hydrogen-bond donors (Lipinski definition) is 3. The number of halogens is 3. The third-order valence-corrected chi connectivity index (χ3v) is 6.60. The fraction of sp³-hybridized carbons (Fsp3) is 0.143. The number of nitrogens with zero attached hydrogens (tertiary/aromatic N) is 2. The number of anilines is 1. The number of aromatic nitrogens is 3. The van der Waals surface area contributed by atoms with Crippen molar-refractivity contribution in [1.29, 1.82) is 5.26 Å². The van der Waals surface area contributed by atoms with E-state index in [-0.39, 0.29) is 10.7 Å². The average Bonchev–Trinajstić information content (AvgIpc) is 3.41. The van der Waals surface area contributed by atoms with Crippen LogP contribution < -0.4 is 11.0 Å². The number of rotatable bonds is 5. The highest BCUT2D eigenvalue weighted by Gasteiger charge is 2.36. The lowest BCUT2D eigenvalue weighted by Crippen LogP contribution is -2.23. The zero-order valence-electron chi connectivity index (χ0n) is 16.8. The van der Waals surface area contributed by atoms with Gasteiger partial charge in [-0.25, -0.2) is 9.78 Å². The number of thioether (sulfide) groups is 1. The molecule has 0 radical (unpaired) electrons. The largest absolute Gasteiger partial charge is 0.417 e. The number of amides is 1. The van der Waals surface area contributed by atoms with Gasteiger partial charge in [0, 0.05) is 5.69 Å². The summed E-state index contributed by atoms with van der Waals surface area (Å²) < 4.78 is 41.0. The molecule has 0 saturated heterocycles. The van der Waals surface area contributed by atoms with Gasteiger partial charge in [0.25, 0.3) is 0 Å². The molecule has 7 nitrogen and oxygen atoms in total. The molecule has 3 N–H and O–H groups in total. The molecule has 12 heteroatoms. The molecule has 0 aliphatic rings. The molecule has 0 aliphatic carbocycles. The van der Waals surface area contributed by atoms with Crippen molar-refractivity contribution in [2.75, 3.05) is 5.32 Å². The van der Waals surface area contributed by atoms with Crippen molar-refractivity contribution in [1.82, 2.24) is 15.0 Å². The number of carbonyl (C=O) groups is 1. The van der Waals surface area contributed by atoms with Gasteiger partial charge in [-0.1, -0.05) is 17.8 Å². The normalized spacial score (nSPS) is 12.5. The number of thiophene rings is 1.